The molecule has 4 heteroatoms. The third-order valence-corrected chi connectivity index (χ3v) is 4.56. The fraction of sp³-hybridized carbons (Fsp3) is 0.118. The van der Waals surface area contributed by atoms with Crippen LogP contribution in [-0.4, -0.2) is 10.1 Å². The first-order chi connectivity index (χ1) is 10.3. The normalized spacial score (nSPS) is 13.0. The number of hydrogen-bond donors (Lipinski definition) is 1. The van der Waals surface area contributed by atoms with Gasteiger partial charge >= 0.3 is 0 Å². The Morgan fingerprint density at radius 3 is 2.81 bits per heavy atom. The minimum absolute atomic E-state index is 0.384. The van der Waals surface area contributed by atoms with Gasteiger partial charge in [0.05, 0.1) is 12.5 Å². The zero-order valence-electron chi connectivity index (χ0n) is 11.2. The Bertz CT molecular complexity index is 876. The number of nitrogens with zero attached hydrogens (tertiary/aromatic N) is 1. The van der Waals surface area contributed by atoms with Crippen molar-refractivity contribution >= 4 is 32.5 Å². The van der Waals surface area contributed by atoms with E-state index < -0.39 is 6.10 Å². The van der Waals surface area contributed by atoms with Gasteiger partial charge in [-0.1, -0.05) is 30.3 Å². The van der Waals surface area contributed by atoms with E-state index >= 15 is 0 Å². The van der Waals surface area contributed by atoms with Crippen LogP contribution in [0.3, 0.4) is 0 Å². The van der Waals surface area contributed by atoms with Crippen LogP contribution >= 0.6 is 11.3 Å². The Hall–Kier alpha value is -2.17. The van der Waals surface area contributed by atoms with E-state index in [0.717, 1.165) is 22.0 Å². The van der Waals surface area contributed by atoms with Crippen molar-refractivity contribution < 1.29 is 9.52 Å². The summed E-state index contributed by atoms with van der Waals surface area (Å²) in [4.78, 5) is 4.42. The van der Waals surface area contributed by atoms with Crippen LogP contribution in [0.25, 0.3) is 21.2 Å². The number of rotatable bonds is 3. The van der Waals surface area contributed by atoms with Crippen molar-refractivity contribution in [3.63, 3.8) is 0 Å². The molecule has 0 fully saturated rings. The number of benzene rings is 2. The van der Waals surface area contributed by atoms with Gasteiger partial charge in [-0.3, -0.25) is 0 Å². The van der Waals surface area contributed by atoms with Crippen LogP contribution in [0, 0.1) is 0 Å². The molecule has 4 aromatic rings. The van der Waals surface area contributed by atoms with Crippen LogP contribution in [0.2, 0.25) is 0 Å². The van der Waals surface area contributed by atoms with Gasteiger partial charge in [-0.2, -0.15) is 0 Å². The van der Waals surface area contributed by atoms with E-state index in [2.05, 4.69) is 11.1 Å². The van der Waals surface area contributed by atoms with Crippen molar-refractivity contribution in [2.24, 2.45) is 0 Å². The second-order valence-electron chi connectivity index (χ2n) is 4.98. The molecule has 1 N–H and O–H groups in total. The Morgan fingerprint density at radius 2 is 1.90 bits per heavy atom. The average Bonchev–Trinajstić information content (AvgIpc) is 3.10. The molecule has 1 atom stereocenters. The number of fused-ring (bicyclic) bond motifs is 2. The molecule has 0 saturated carbocycles. The lowest BCUT2D eigenvalue weighted by Gasteiger charge is -2.07. The molecule has 0 amide bonds. The summed E-state index contributed by atoms with van der Waals surface area (Å²) in [5.74, 6) is 0.569. The molecule has 2 heterocycles. The molecular formula is C17H13NO2S. The lowest BCUT2D eigenvalue weighted by atomic mass is 10.1. The Labute approximate surface area is 125 Å². The minimum atomic E-state index is -0.603. The van der Waals surface area contributed by atoms with E-state index in [1.165, 1.54) is 4.70 Å². The molecule has 21 heavy (non-hydrogen) atoms. The number of para-hydroxylation sites is 2. The van der Waals surface area contributed by atoms with Crippen molar-refractivity contribution in [2.45, 2.75) is 12.5 Å². The highest BCUT2D eigenvalue weighted by atomic mass is 32.1. The molecule has 0 radical (unpaired) electrons. The molecular weight excluding hydrogens is 282 g/mol. The molecule has 0 saturated heterocycles. The fourth-order valence-electron chi connectivity index (χ4n) is 2.54. The van der Waals surface area contributed by atoms with Crippen LogP contribution in [0.4, 0.5) is 0 Å². The van der Waals surface area contributed by atoms with Crippen molar-refractivity contribution in [3.05, 3.63) is 65.4 Å². The Kier molecular flexibility index (Phi) is 2.98. The zero-order chi connectivity index (χ0) is 14.2. The van der Waals surface area contributed by atoms with Gasteiger partial charge in [0, 0.05) is 4.70 Å². The molecule has 4 rings (SSSR count). The summed E-state index contributed by atoms with van der Waals surface area (Å²) in [5, 5.41) is 13.6. The Balaban J connectivity index is 1.67. The summed E-state index contributed by atoms with van der Waals surface area (Å²) in [5.41, 5.74) is 2.53. The number of hydrogen-bond acceptors (Lipinski definition) is 4. The smallest absolute Gasteiger partial charge is 0.198 e. The maximum absolute atomic E-state index is 10.5. The summed E-state index contributed by atoms with van der Waals surface area (Å²) in [6.07, 6.45) is -0.218. The topological polar surface area (TPSA) is 46.3 Å². The van der Waals surface area contributed by atoms with Crippen LogP contribution in [-0.2, 0) is 6.42 Å². The predicted molar refractivity (Wildman–Crippen MR) is 84.5 cm³/mol. The van der Waals surface area contributed by atoms with Crippen molar-refractivity contribution in [2.75, 3.05) is 0 Å². The molecule has 0 aliphatic heterocycles. The minimum Gasteiger partial charge on any atom is -0.441 e. The van der Waals surface area contributed by atoms with Crippen LogP contribution in [0.5, 0.6) is 0 Å². The standard InChI is InChI=1S/C17H13NO2S/c19-14(12-10-21-16-8-4-1-5-11(12)16)9-17-18-13-6-2-3-7-15(13)20-17/h1-8,10,14,19H,9H2. The maximum Gasteiger partial charge on any atom is 0.198 e. The number of aliphatic hydroxyl groups is 1. The van der Waals surface area contributed by atoms with Crippen LogP contribution < -0.4 is 0 Å². The molecule has 104 valence electrons. The van der Waals surface area contributed by atoms with E-state index in [9.17, 15) is 5.11 Å². The van der Waals surface area contributed by atoms with Crippen molar-refractivity contribution in [1.82, 2.24) is 4.98 Å². The van der Waals surface area contributed by atoms with Gasteiger partial charge in [0.2, 0.25) is 0 Å². The molecule has 0 aliphatic carbocycles. The Morgan fingerprint density at radius 1 is 1.10 bits per heavy atom. The first-order valence-corrected chi connectivity index (χ1v) is 7.68. The predicted octanol–water partition coefficient (Wildman–Crippen LogP) is 4.32. The van der Waals surface area contributed by atoms with E-state index in [4.69, 9.17) is 4.42 Å². The molecule has 2 aromatic carbocycles. The second-order valence-corrected chi connectivity index (χ2v) is 5.89. The highest BCUT2D eigenvalue weighted by molar-refractivity contribution is 7.17. The monoisotopic (exact) mass is 295 g/mol. The number of aromatic nitrogens is 1. The zero-order valence-corrected chi connectivity index (χ0v) is 12.0. The maximum atomic E-state index is 10.5. The van der Waals surface area contributed by atoms with Crippen molar-refractivity contribution in [3.8, 4) is 0 Å². The van der Waals surface area contributed by atoms with E-state index in [1.54, 1.807) is 11.3 Å². The molecule has 1 unspecified atom stereocenters. The first-order valence-electron chi connectivity index (χ1n) is 6.80. The third-order valence-electron chi connectivity index (χ3n) is 3.58. The largest absolute Gasteiger partial charge is 0.441 e. The summed E-state index contributed by atoms with van der Waals surface area (Å²) in [7, 11) is 0. The number of aliphatic hydroxyl groups excluding tert-OH is 1. The molecule has 2 aromatic heterocycles. The van der Waals surface area contributed by atoms with Gasteiger partial charge in [0.1, 0.15) is 5.52 Å². The van der Waals surface area contributed by atoms with Gasteiger partial charge in [0.25, 0.3) is 0 Å². The SMILES string of the molecule is OC(Cc1nc2ccccc2o1)c1csc2ccccc12. The summed E-state index contributed by atoms with van der Waals surface area (Å²) in [6.45, 7) is 0. The highest BCUT2D eigenvalue weighted by Gasteiger charge is 2.16. The van der Waals surface area contributed by atoms with Gasteiger partial charge in [-0.15, -0.1) is 11.3 Å². The van der Waals surface area contributed by atoms with Crippen molar-refractivity contribution in [1.29, 1.82) is 0 Å². The van der Waals surface area contributed by atoms with Gasteiger partial charge < -0.3 is 9.52 Å². The summed E-state index contributed by atoms with van der Waals surface area (Å²) < 4.78 is 6.87. The molecule has 0 spiro atoms. The molecule has 0 bridgehead atoms. The van der Waals surface area contributed by atoms with Crippen LogP contribution in [0.15, 0.2) is 58.3 Å². The van der Waals surface area contributed by atoms with Gasteiger partial charge in [0.15, 0.2) is 11.5 Å². The lowest BCUT2D eigenvalue weighted by Crippen LogP contribution is -2.01. The molecule has 0 aliphatic rings. The third kappa shape index (κ3) is 2.22. The first kappa shape index (κ1) is 12.6. The summed E-state index contributed by atoms with van der Waals surface area (Å²) >= 11 is 1.65. The highest BCUT2D eigenvalue weighted by Crippen LogP contribution is 2.32. The lowest BCUT2D eigenvalue weighted by molar-refractivity contribution is 0.171. The number of thiophene rings is 1. The average molecular weight is 295 g/mol. The van der Waals surface area contributed by atoms with Crippen LogP contribution in [0.1, 0.15) is 17.6 Å². The fourth-order valence-corrected chi connectivity index (χ4v) is 3.55. The molecule has 3 nitrogen and oxygen atoms in total. The second kappa shape index (κ2) is 4.98. The quantitative estimate of drug-likeness (QED) is 0.612. The van der Waals surface area contributed by atoms with E-state index in [1.807, 2.05) is 47.8 Å². The van der Waals surface area contributed by atoms with Gasteiger partial charge in [-0.05, 0) is 34.5 Å². The van der Waals surface area contributed by atoms with E-state index in [-0.39, 0.29) is 0 Å². The summed E-state index contributed by atoms with van der Waals surface area (Å²) in [6, 6.07) is 15.7. The van der Waals surface area contributed by atoms with E-state index in [0.29, 0.717) is 12.3 Å². The number of oxazole rings is 1. The van der Waals surface area contributed by atoms with Gasteiger partial charge in [-0.25, -0.2) is 4.98 Å².